The lowest BCUT2D eigenvalue weighted by Crippen LogP contribution is -2.18. The van der Waals surface area contributed by atoms with Gasteiger partial charge in [-0.3, -0.25) is 9.89 Å². The highest BCUT2D eigenvalue weighted by Gasteiger charge is 2.44. The van der Waals surface area contributed by atoms with Crippen LogP contribution in [-0.4, -0.2) is 38.6 Å². The molecule has 1 fully saturated rings. The normalized spacial score (nSPS) is 18.3. The van der Waals surface area contributed by atoms with E-state index in [1.807, 2.05) is 0 Å². The van der Waals surface area contributed by atoms with E-state index in [-0.39, 0.29) is 39.3 Å². The lowest BCUT2D eigenvalue weighted by Gasteiger charge is -2.15. The number of nitrogens with one attached hydrogen (secondary N) is 2. The van der Waals surface area contributed by atoms with Crippen molar-refractivity contribution in [1.29, 1.82) is 0 Å². The van der Waals surface area contributed by atoms with Crippen molar-refractivity contribution in [3.05, 3.63) is 29.7 Å². The average molecular weight is 469 g/mol. The van der Waals surface area contributed by atoms with Crippen LogP contribution in [0.1, 0.15) is 12.0 Å². The number of anilines is 1. The van der Waals surface area contributed by atoms with Crippen molar-refractivity contribution in [2.45, 2.75) is 25.9 Å². The summed E-state index contributed by atoms with van der Waals surface area (Å²) in [7, 11) is 0. The van der Waals surface area contributed by atoms with Gasteiger partial charge >= 0.3 is 6.36 Å². The Labute approximate surface area is 179 Å². The molecule has 0 aliphatic heterocycles. The molecule has 0 bridgehead atoms. The molecule has 1 aliphatic rings. The molecule has 0 spiro atoms. The molecule has 32 heavy (non-hydrogen) atoms. The number of H-pyrrole nitrogens is 1. The molecule has 3 heterocycles. The maximum absolute atomic E-state index is 14.9. The SMILES string of the molecule is Cc1c(F)c(OC(F)(F)F)c2[nH]ncc2c1-c1ccc2nc(NC(=O)[C@@H]3C[C@@H]3F)sc2n1. The summed E-state index contributed by atoms with van der Waals surface area (Å²) < 4.78 is 70.1. The highest BCUT2D eigenvalue weighted by atomic mass is 32.1. The molecule has 0 saturated heterocycles. The second kappa shape index (κ2) is 7.08. The van der Waals surface area contributed by atoms with Crippen LogP contribution >= 0.6 is 11.3 Å². The standard InChI is InChI=1S/C19H12F5N5O2S/c1-6-12(8-5-25-29-14(8)15(13(6)21)31-19(22,23)24)10-2-3-11-17(26-10)32-18(27-11)28-16(30)7-4-9(7)20/h2-3,5,7,9H,4H2,1H3,(H,25,29)(H,27,28,30)/t7-,9+/m1/s1. The number of ether oxygens (including phenoxy) is 1. The number of rotatable bonds is 4. The Morgan fingerprint density at radius 2 is 2.06 bits per heavy atom. The van der Waals surface area contributed by atoms with Gasteiger partial charge in [0.2, 0.25) is 5.91 Å². The van der Waals surface area contributed by atoms with Crippen LogP contribution in [0.15, 0.2) is 18.3 Å². The molecule has 166 valence electrons. The summed E-state index contributed by atoms with van der Waals surface area (Å²) >= 11 is 1.04. The Hall–Kier alpha value is -3.35. The van der Waals surface area contributed by atoms with E-state index < -0.39 is 35.9 Å². The third-order valence-corrected chi connectivity index (χ3v) is 5.93. The van der Waals surface area contributed by atoms with Crippen LogP contribution in [0.5, 0.6) is 5.75 Å². The van der Waals surface area contributed by atoms with Gasteiger partial charge in [0.25, 0.3) is 0 Å². The quantitative estimate of drug-likeness (QED) is 0.416. The molecule has 3 aromatic heterocycles. The van der Waals surface area contributed by atoms with Crippen LogP contribution < -0.4 is 10.1 Å². The zero-order valence-electron chi connectivity index (χ0n) is 16.1. The molecule has 4 aromatic rings. The monoisotopic (exact) mass is 469 g/mol. The van der Waals surface area contributed by atoms with Crippen LogP contribution in [0, 0.1) is 18.7 Å². The number of benzene rings is 1. The first-order valence-electron chi connectivity index (χ1n) is 9.26. The third-order valence-electron chi connectivity index (χ3n) is 5.05. The van der Waals surface area contributed by atoms with Crippen LogP contribution in [0.4, 0.5) is 27.1 Å². The first-order valence-corrected chi connectivity index (χ1v) is 10.1. The number of hydrogen-bond donors (Lipinski definition) is 2. The van der Waals surface area contributed by atoms with E-state index in [0.29, 0.717) is 10.3 Å². The third kappa shape index (κ3) is 3.51. The number of pyridine rings is 1. The fraction of sp³-hybridized carbons (Fsp3) is 0.263. The van der Waals surface area contributed by atoms with Gasteiger partial charge in [-0.15, -0.1) is 13.2 Å². The van der Waals surface area contributed by atoms with Gasteiger partial charge < -0.3 is 10.1 Å². The molecule has 2 N–H and O–H groups in total. The van der Waals surface area contributed by atoms with Gasteiger partial charge in [-0.25, -0.2) is 18.7 Å². The molecule has 1 aliphatic carbocycles. The Bertz CT molecular complexity index is 1380. The number of alkyl halides is 4. The number of amides is 1. The highest BCUT2D eigenvalue weighted by Crippen LogP contribution is 2.41. The topological polar surface area (TPSA) is 92.8 Å². The predicted molar refractivity (Wildman–Crippen MR) is 106 cm³/mol. The smallest absolute Gasteiger partial charge is 0.400 e. The lowest BCUT2D eigenvalue weighted by atomic mass is 9.99. The minimum Gasteiger partial charge on any atom is -0.400 e. The van der Waals surface area contributed by atoms with Crippen molar-refractivity contribution in [1.82, 2.24) is 20.2 Å². The molecule has 2 atom stereocenters. The second-order valence-corrected chi connectivity index (χ2v) is 8.21. The summed E-state index contributed by atoms with van der Waals surface area (Å²) in [6, 6.07) is 3.12. The van der Waals surface area contributed by atoms with Gasteiger partial charge in [-0.05, 0) is 31.0 Å². The number of fused-ring (bicyclic) bond motifs is 2. The number of aromatic nitrogens is 4. The van der Waals surface area contributed by atoms with E-state index in [9.17, 15) is 26.7 Å². The largest absolute Gasteiger partial charge is 0.573 e. The van der Waals surface area contributed by atoms with E-state index in [0.717, 1.165) is 11.3 Å². The average Bonchev–Trinajstić information content (AvgIpc) is 3.10. The molecule has 1 aromatic carbocycles. The molecular formula is C19H12F5N5O2S. The maximum atomic E-state index is 14.9. The van der Waals surface area contributed by atoms with Crippen molar-refractivity contribution in [3.63, 3.8) is 0 Å². The summed E-state index contributed by atoms with van der Waals surface area (Å²) in [5, 5.41) is 9.05. The van der Waals surface area contributed by atoms with E-state index in [1.54, 1.807) is 6.07 Å². The van der Waals surface area contributed by atoms with Crippen LogP contribution in [0.2, 0.25) is 0 Å². The van der Waals surface area contributed by atoms with Gasteiger partial charge in [0, 0.05) is 10.9 Å². The van der Waals surface area contributed by atoms with E-state index in [2.05, 4.69) is 30.2 Å². The number of hydrogen-bond acceptors (Lipinski definition) is 6. The molecule has 1 saturated carbocycles. The number of thiazole rings is 1. The summed E-state index contributed by atoms with van der Waals surface area (Å²) in [4.78, 5) is 21.0. The summed E-state index contributed by atoms with van der Waals surface area (Å²) in [6.45, 7) is 1.31. The van der Waals surface area contributed by atoms with Crippen LogP contribution in [0.25, 0.3) is 32.5 Å². The maximum Gasteiger partial charge on any atom is 0.573 e. The van der Waals surface area contributed by atoms with E-state index >= 15 is 0 Å². The number of nitrogens with zero attached hydrogens (tertiary/aromatic N) is 3. The predicted octanol–water partition coefficient (Wildman–Crippen LogP) is 4.88. The summed E-state index contributed by atoms with van der Waals surface area (Å²) in [5.41, 5.74) is 0.585. The minimum atomic E-state index is -5.09. The van der Waals surface area contributed by atoms with Gasteiger partial charge in [0.15, 0.2) is 16.7 Å². The molecule has 1 amide bonds. The molecule has 7 nitrogen and oxygen atoms in total. The zero-order chi connectivity index (χ0) is 22.8. The number of carbonyl (C=O) groups is 1. The Morgan fingerprint density at radius 1 is 1.31 bits per heavy atom. The number of halogens is 5. The minimum absolute atomic E-state index is 0.106. The number of aromatic amines is 1. The van der Waals surface area contributed by atoms with E-state index in [1.165, 1.54) is 19.2 Å². The van der Waals surface area contributed by atoms with Crippen molar-refractivity contribution >= 4 is 43.6 Å². The zero-order valence-corrected chi connectivity index (χ0v) is 16.9. The first kappa shape index (κ1) is 20.5. The van der Waals surface area contributed by atoms with E-state index in [4.69, 9.17) is 0 Å². The molecule has 13 heteroatoms. The summed E-state index contributed by atoms with van der Waals surface area (Å²) in [6.07, 6.45) is -4.80. The Morgan fingerprint density at radius 3 is 2.75 bits per heavy atom. The Kier molecular flexibility index (Phi) is 4.55. The number of carbonyl (C=O) groups excluding carboxylic acids is 1. The fourth-order valence-electron chi connectivity index (χ4n) is 3.43. The van der Waals surface area contributed by atoms with Gasteiger partial charge in [0.05, 0.1) is 17.8 Å². The molecule has 0 unspecified atom stereocenters. The van der Waals surface area contributed by atoms with Crippen molar-refractivity contribution in [2.24, 2.45) is 5.92 Å². The van der Waals surface area contributed by atoms with Crippen LogP contribution in [-0.2, 0) is 4.79 Å². The van der Waals surface area contributed by atoms with Crippen LogP contribution in [0.3, 0.4) is 0 Å². The molecular weight excluding hydrogens is 457 g/mol. The molecule has 5 rings (SSSR count). The fourth-order valence-corrected chi connectivity index (χ4v) is 4.27. The first-order chi connectivity index (χ1) is 15.1. The summed E-state index contributed by atoms with van der Waals surface area (Å²) in [5.74, 6) is -3.34. The molecule has 0 radical (unpaired) electrons. The van der Waals surface area contributed by atoms with Gasteiger partial charge in [-0.2, -0.15) is 5.10 Å². The second-order valence-electron chi connectivity index (χ2n) is 7.24. The lowest BCUT2D eigenvalue weighted by molar-refractivity contribution is -0.275. The Balaban J connectivity index is 1.57. The van der Waals surface area contributed by atoms with Gasteiger partial charge in [0.1, 0.15) is 22.0 Å². The van der Waals surface area contributed by atoms with Crippen molar-refractivity contribution in [3.8, 4) is 17.0 Å². The van der Waals surface area contributed by atoms with Crippen molar-refractivity contribution in [2.75, 3.05) is 5.32 Å². The van der Waals surface area contributed by atoms with Gasteiger partial charge in [-0.1, -0.05) is 11.3 Å². The van der Waals surface area contributed by atoms with Crippen molar-refractivity contribution < 1.29 is 31.5 Å². The highest BCUT2D eigenvalue weighted by molar-refractivity contribution is 7.22.